The summed E-state index contributed by atoms with van der Waals surface area (Å²) in [6, 6.07) is 14.4. The van der Waals surface area contributed by atoms with Crippen LogP contribution in [0.1, 0.15) is 21.5 Å². The van der Waals surface area contributed by atoms with Gasteiger partial charge < -0.3 is 5.32 Å². The van der Waals surface area contributed by atoms with E-state index in [9.17, 15) is 14.9 Å². The SMILES string of the molecule is Cc1ccc(-c2ccnc3c(C(=O)Nc4ccc(C)cc4[N+](=O)[O-])cnn23)cc1. The molecule has 8 heteroatoms. The van der Waals surface area contributed by atoms with E-state index in [2.05, 4.69) is 15.4 Å². The molecule has 2 aromatic carbocycles. The first kappa shape index (κ1) is 18.3. The van der Waals surface area contributed by atoms with Gasteiger partial charge in [0, 0.05) is 17.8 Å². The average Bonchev–Trinajstić information content (AvgIpc) is 3.14. The summed E-state index contributed by atoms with van der Waals surface area (Å²) in [4.78, 5) is 27.9. The largest absolute Gasteiger partial charge is 0.316 e. The number of carbonyl (C=O) groups excluding carboxylic acids is 1. The van der Waals surface area contributed by atoms with E-state index in [1.54, 1.807) is 23.7 Å². The number of nitro benzene ring substituents is 1. The molecule has 0 bridgehead atoms. The summed E-state index contributed by atoms with van der Waals surface area (Å²) in [5, 5.41) is 18.2. The van der Waals surface area contributed by atoms with Crippen LogP contribution in [0.5, 0.6) is 0 Å². The van der Waals surface area contributed by atoms with Gasteiger partial charge in [-0.1, -0.05) is 35.9 Å². The molecule has 0 spiro atoms. The molecule has 0 aliphatic heterocycles. The molecule has 0 saturated heterocycles. The molecule has 0 aliphatic carbocycles. The maximum Gasteiger partial charge on any atom is 0.293 e. The highest BCUT2D eigenvalue weighted by atomic mass is 16.6. The lowest BCUT2D eigenvalue weighted by molar-refractivity contribution is -0.384. The second-order valence-electron chi connectivity index (χ2n) is 6.72. The van der Waals surface area contributed by atoms with E-state index >= 15 is 0 Å². The number of rotatable bonds is 4. The maximum absolute atomic E-state index is 12.8. The molecule has 0 saturated carbocycles. The Morgan fingerprint density at radius 1 is 1.07 bits per heavy atom. The van der Waals surface area contributed by atoms with E-state index < -0.39 is 10.8 Å². The number of amides is 1. The number of nitro groups is 1. The fourth-order valence-electron chi connectivity index (χ4n) is 3.08. The fourth-order valence-corrected chi connectivity index (χ4v) is 3.08. The molecule has 0 aliphatic rings. The Balaban J connectivity index is 1.72. The van der Waals surface area contributed by atoms with Crippen molar-refractivity contribution in [2.45, 2.75) is 13.8 Å². The van der Waals surface area contributed by atoms with Crippen molar-refractivity contribution in [1.82, 2.24) is 14.6 Å². The molecule has 0 radical (unpaired) electrons. The summed E-state index contributed by atoms with van der Waals surface area (Å²) < 4.78 is 1.59. The predicted molar refractivity (Wildman–Crippen MR) is 109 cm³/mol. The minimum atomic E-state index is -0.521. The van der Waals surface area contributed by atoms with E-state index in [1.165, 1.54) is 18.3 Å². The molecule has 144 valence electrons. The van der Waals surface area contributed by atoms with Crippen LogP contribution in [0.4, 0.5) is 11.4 Å². The first-order chi connectivity index (χ1) is 13.9. The van der Waals surface area contributed by atoms with E-state index in [0.29, 0.717) is 5.65 Å². The van der Waals surface area contributed by atoms with Gasteiger partial charge in [-0.2, -0.15) is 5.10 Å². The van der Waals surface area contributed by atoms with E-state index in [-0.39, 0.29) is 16.9 Å². The van der Waals surface area contributed by atoms with Crippen LogP contribution >= 0.6 is 0 Å². The molecule has 8 nitrogen and oxygen atoms in total. The highest BCUT2D eigenvalue weighted by Crippen LogP contribution is 2.27. The van der Waals surface area contributed by atoms with Crippen molar-refractivity contribution >= 4 is 22.9 Å². The summed E-state index contributed by atoms with van der Waals surface area (Å²) in [6.07, 6.45) is 3.02. The summed E-state index contributed by atoms with van der Waals surface area (Å²) in [5.74, 6) is -0.513. The lowest BCUT2D eigenvalue weighted by atomic mass is 10.1. The third-order valence-electron chi connectivity index (χ3n) is 4.59. The van der Waals surface area contributed by atoms with Crippen molar-refractivity contribution < 1.29 is 9.72 Å². The van der Waals surface area contributed by atoms with E-state index in [4.69, 9.17) is 0 Å². The summed E-state index contributed by atoms with van der Waals surface area (Å²) >= 11 is 0. The summed E-state index contributed by atoms with van der Waals surface area (Å²) in [6.45, 7) is 3.76. The monoisotopic (exact) mass is 387 g/mol. The van der Waals surface area contributed by atoms with Gasteiger partial charge >= 0.3 is 0 Å². The molecule has 4 rings (SSSR count). The smallest absolute Gasteiger partial charge is 0.293 e. The predicted octanol–water partition coefficient (Wildman–Crippen LogP) is 4.17. The first-order valence-corrected chi connectivity index (χ1v) is 8.90. The number of carbonyl (C=O) groups is 1. The van der Waals surface area contributed by atoms with Crippen LogP contribution in [0, 0.1) is 24.0 Å². The Hall–Kier alpha value is -4.07. The van der Waals surface area contributed by atoms with Gasteiger partial charge in [-0.05, 0) is 31.5 Å². The Morgan fingerprint density at radius 2 is 1.79 bits per heavy atom. The molecule has 4 aromatic rings. The maximum atomic E-state index is 12.8. The Bertz CT molecular complexity index is 1250. The second-order valence-corrected chi connectivity index (χ2v) is 6.72. The molecule has 1 N–H and O–H groups in total. The highest BCUT2D eigenvalue weighted by molar-refractivity contribution is 6.09. The molecule has 0 atom stereocenters. The van der Waals surface area contributed by atoms with Crippen molar-refractivity contribution in [1.29, 1.82) is 0 Å². The number of hydrogen-bond donors (Lipinski definition) is 1. The van der Waals surface area contributed by atoms with Gasteiger partial charge in [0.1, 0.15) is 11.3 Å². The Kier molecular flexibility index (Phi) is 4.52. The van der Waals surface area contributed by atoms with Crippen LogP contribution in [0.3, 0.4) is 0 Å². The molecular weight excluding hydrogens is 370 g/mol. The first-order valence-electron chi connectivity index (χ1n) is 8.90. The van der Waals surface area contributed by atoms with Crippen molar-refractivity contribution in [2.24, 2.45) is 0 Å². The van der Waals surface area contributed by atoms with E-state index in [1.807, 2.05) is 37.3 Å². The minimum Gasteiger partial charge on any atom is -0.316 e. The number of nitrogens with zero attached hydrogens (tertiary/aromatic N) is 4. The van der Waals surface area contributed by atoms with Crippen LogP contribution in [-0.4, -0.2) is 25.4 Å². The Morgan fingerprint density at radius 3 is 2.52 bits per heavy atom. The number of aryl methyl sites for hydroxylation is 2. The van der Waals surface area contributed by atoms with Crippen molar-refractivity contribution in [2.75, 3.05) is 5.32 Å². The minimum absolute atomic E-state index is 0.125. The Labute approximate surface area is 166 Å². The summed E-state index contributed by atoms with van der Waals surface area (Å²) in [5.41, 5.74) is 4.16. The van der Waals surface area contributed by atoms with Crippen molar-refractivity contribution in [3.05, 3.63) is 87.7 Å². The summed E-state index contributed by atoms with van der Waals surface area (Å²) in [7, 11) is 0. The number of anilines is 1. The van der Waals surface area contributed by atoms with Crippen LogP contribution in [0.2, 0.25) is 0 Å². The van der Waals surface area contributed by atoms with Crippen LogP contribution in [0.25, 0.3) is 16.9 Å². The van der Waals surface area contributed by atoms with Gasteiger partial charge in [0.25, 0.3) is 11.6 Å². The van der Waals surface area contributed by atoms with Crippen LogP contribution in [-0.2, 0) is 0 Å². The van der Waals surface area contributed by atoms with Crippen LogP contribution in [0.15, 0.2) is 60.9 Å². The zero-order valence-electron chi connectivity index (χ0n) is 15.8. The molecule has 2 heterocycles. The highest BCUT2D eigenvalue weighted by Gasteiger charge is 2.20. The number of hydrogen-bond acceptors (Lipinski definition) is 5. The zero-order chi connectivity index (χ0) is 20.5. The topological polar surface area (TPSA) is 102 Å². The number of nitrogens with one attached hydrogen (secondary N) is 1. The lowest BCUT2D eigenvalue weighted by Crippen LogP contribution is -2.13. The fraction of sp³-hybridized carbons (Fsp3) is 0.0952. The zero-order valence-corrected chi connectivity index (χ0v) is 15.8. The quantitative estimate of drug-likeness (QED) is 0.418. The van der Waals surface area contributed by atoms with Gasteiger partial charge in [-0.3, -0.25) is 14.9 Å². The standard InChI is InChI=1S/C21H17N5O3/c1-13-3-6-15(7-4-13)18-9-10-22-20-16(12-23-25(18)20)21(27)24-17-8-5-14(2)11-19(17)26(28)29/h3-12H,1-2H3,(H,24,27). The molecule has 29 heavy (non-hydrogen) atoms. The van der Waals surface area contributed by atoms with Gasteiger partial charge in [-0.15, -0.1) is 0 Å². The average molecular weight is 387 g/mol. The molecule has 0 fully saturated rings. The van der Waals surface area contributed by atoms with Gasteiger partial charge in [-0.25, -0.2) is 9.50 Å². The van der Waals surface area contributed by atoms with Crippen molar-refractivity contribution in [3.63, 3.8) is 0 Å². The normalized spacial score (nSPS) is 10.8. The lowest BCUT2D eigenvalue weighted by Gasteiger charge is -2.07. The van der Waals surface area contributed by atoms with Gasteiger partial charge in [0.2, 0.25) is 0 Å². The third kappa shape index (κ3) is 3.43. The molecule has 0 unspecified atom stereocenters. The number of benzene rings is 2. The molecule has 2 aromatic heterocycles. The molecular formula is C21H17N5O3. The van der Waals surface area contributed by atoms with Crippen molar-refractivity contribution in [3.8, 4) is 11.3 Å². The number of fused-ring (bicyclic) bond motifs is 1. The second kappa shape index (κ2) is 7.16. The van der Waals surface area contributed by atoms with Gasteiger partial charge in [0.15, 0.2) is 5.65 Å². The molecule has 1 amide bonds. The van der Waals surface area contributed by atoms with Crippen LogP contribution < -0.4 is 5.32 Å². The van der Waals surface area contributed by atoms with E-state index in [0.717, 1.165) is 22.4 Å². The number of aromatic nitrogens is 3. The van der Waals surface area contributed by atoms with Gasteiger partial charge in [0.05, 0.1) is 16.8 Å². The third-order valence-corrected chi connectivity index (χ3v) is 4.59.